The number of hydrogen-bond acceptors (Lipinski definition) is 5. The lowest BCUT2D eigenvalue weighted by molar-refractivity contribution is -0.140. The Bertz CT molecular complexity index is 318. The van der Waals surface area contributed by atoms with Crippen molar-refractivity contribution in [1.29, 1.82) is 0 Å². The van der Waals surface area contributed by atoms with Crippen molar-refractivity contribution >= 4 is 18.0 Å². The van der Waals surface area contributed by atoms with Crippen molar-refractivity contribution in [3.05, 3.63) is 0 Å². The number of carboxylic acids is 2. The molecule has 19 heavy (non-hydrogen) atoms. The zero-order chi connectivity index (χ0) is 15.0. The summed E-state index contributed by atoms with van der Waals surface area (Å²) < 4.78 is 4.68. The number of urea groups is 1. The van der Waals surface area contributed by atoms with E-state index in [4.69, 9.17) is 10.2 Å². The van der Waals surface area contributed by atoms with Crippen LogP contribution in [0.25, 0.3) is 0 Å². The number of carbonyl (C=O) groups excluding carboxylic acids is 1. The highest BCUT2D eigenvalue weighted by Crippen LogP contribution is 1.99. The van der Waals surface area contributed by atoms with Gasteiger partial charge in [-0.2, -0.15) is 0 Å². The van der Waals surface area contributed by atoms with Gasteiger partial charge in [0.05, 0.1) is 19.3 Å². The van der Waals surface area contributed by atoms with E-state index in [1.807, 2.05) is 0 Å². The normalized spacial score (nSPS) is 11.7. The third-order valence-corrected chi connectivity index (χ3v) is 2.09. The highest BCUT2D eigenvalue weighted by atomic mass is 16.5. The van der Waals surface area contributed by atoms with E-state index >= 15 is 0 Å². The average Bonchev–Trinajstić information content (AvgIpc) is 2.25. The van der Waals surface area contributed by atoms with E-state index in [0.717, 1.165) is 4.90 Å². The predicted octanol–water partition coefficient (Wildman–Crippen LogP) is -1.48. The van der Waals surface area contributed by atoms with Gasteiger partial charge in [0.1, 0.15) is 13.1 Å². The molecule has 9 nitrogen and oxygen atoms in total. The van der Waals surface area contributed by atoms with E-state index in [1.54, 1.807) is 0 Å². The van der Waals surface area contributed by atoms with Gasteiger partial charge in [0, 0.05) is 14.2 Å². The number of nitrogens with zero attached hydrogens (tertiary/aromatic N) is 2. The minimum absolute atomic E-state index is 0.00941. The number of aliphatic hydroxyl groups is 1. The molecule has 0 rings (SSSR count). The number of aliphatic carboxylic acids is 2. The molecule has 3 N–H and O–H groups in total. The molecule has 110 valence electrons. The molecule has 0 aliphatic carbocycles. The van der Waals surface area contributed by atoms with E-state index in [9.17, 15) is 19.5 Å². The Labute approximate surface area is 110 Å². The van der Waals surface area contributed by atoms with Crippen molar-refractivity contribution in [2.24, 2.45) is 0 Å². The average molecular weight is 278 g/mol. The van der Waals surface area contributed by atoms with Gasteiger partial charge in [-0.25, -0.2) is 4.79 Å². The molecule has 0 aromatic carbocycles. The molecule has 2 amide bonds. The summed E-state index contributed by atoms with van der Waals surface area (Å²) >= 11 is 0. The van der Waals surface area contributed by atoms with Crippen LogP contribution in [0, 0.1) is 0 Å². The van der Waals surface area contributed by atoms with Crippen LogP contribution in [0.15, 0.2) is 0 Å². The van der Waals surface area contributed by atoms with Gasteiger partial charge in [0.25, 0.3) is 0 Å². The Morgan fingerprint density at radius 2 is 1.63 bits per heavy atom. The van der Waals surface area contributed by atoms with Crippen LogP contribution in [0.5, 0.6) is 0 Å². The van der Waals surface area contributed by atoms with Crippen LogP contribution < -0.4 is 0 Å². The Morgan fingerprint density at radius 3 is 2.00 bits per heavy atom. The summed E-state index contributed by atoms with van der Waals surface area (Å²) in [7, 11) is 2.71. The third-order valence-electron chi connectivity index (χ3n) is 2.09. The molecule has 0 aromatic rings. The molecule has 0 aliphatic heterocycles. The second-order valence-electron chi connectivity index (χ2n) is 3.92. The maximum absolute atomic E-state index is 11.8. The zero-order valence-corrected chi connectivity index (χ0v) is 10.8. The van der Waals surface area contributed by atoms with E-state index in [2.05, 4.69) is 4.74 Å². The summed E-state index contributed by atoms with van der Waals surface area (Å²) in [4.78, 5) is 34.7. The lowest BCUT2D eigenvalue weighted by Gasteiger charge is -2.27. The standard InChI is InChI=1S/C10H18N2O7/c1-11(3-7(13)6-19-2)10(18)12(4-8(14)15)5-9(16)17/h7,13H,3-6H2,1-2H3,(H,14,15)(H,16,17). The number of amides is 2. The Morgan fingerprint density at radius 1 is 1.16 bits per heavy atom. The maximum atomic E-state index is 11.8. The SMILES string of the molecule is COCC(O)CN(C)C(=O)N(CC(=O)O)CC(=O)O. The molecule has 0 spiro atoms. The first-order valence-electron chi connectivity index (χ1n) is 5.38. The van der Waals surface area contributed by atoms with Crippen LogP contribution in [0.3, 0.4) is 0 Å². The smallest absolute Gasteiger partial charge is 0.323 e. The van der Waals surface area contributed by atoms with Gasteiger partial charge in [0.2, 0.25) is 0 Å². The maximum Gasteiger partial charge on any atom is 0.323 e. The van der Waals surface area contributed by atoms with Crippen molar-refractivity contribution in [3.8, 4) is 0 Å². The number of hydrogen-bond donors (Lipinski definition) is 3. The minimum atomic E-state index is -1.32. The van der Waals surface area contributed by atoms with E-state index in [1.165, 1.54) is 14.2 Å². The van der Waals surface area contributed by atoms with E-state index < -0.39 is 37.2 Å². The molecule has 0 saturated carbocycles. The molecule has 9 heteroatoms. The number of carboxylic acid groups (broad SMARTS) is 2. The van der Waals surface area contributed by atoms with Gasteiger partial charge in [0.15, 0.2) is 0 Å². The largest absolute Gasteiger partial charge is 0.480 e. The number of rotatable bonds is 8. The summed E-state index contributed by atoms with van der Waals surface area (Å²) in [5.74, 6) is -2.64. The second-order valence-corrected chi connectivity index (χ2v) is 3.92. The number of likely N-dealkylation sites (N-methyl/N-ethyl adjacent to an activating group) is 1. The first-order valence-corrected chi connectivity index (χ1v) is 5.38. The van der Waals surface area contributed by atoms with E-state index in [-0.39, 0.29) is 13.2 Å². The van der Waals surface area contributed by atoms with Crippen molar-refractivity contribution in [1.82, 2.24) is 9.80 Å². The highest BCUT2D eigenvalue weighted by molar-refractivity contribution is 5.84. The van der Waals surface area contributed by atoms with Gasteiger partial charge in [-0.05, 0) is 0 Å². The van der Waals surface area contributed by atoms with Crippen LogP contribution in [0.2, 0.25) is 0 Å². The first kappa shape index (κ1) is 17.1. The summed E-state index contributed by atoms with van der Waals surface area (Å²) in [5.41, 5.74) is 0. The Kier molecular flexibility index (Phi) is 7.46. The lowest BCUT2D eigenvalue weighted by Crippen LogP contribution is -2.48. The number of aliphatic hydroxyl groups excluding tert-OH is 1. The second kappa shape index (κ2) is 8.27. The lowest BCUT2D eigenvalue weighted by atomic mass is 10.3. The molecular weight excluding hydrogens is 260 g/mol. The summed E-state index contributed by atoms with van der Waals surface area (Å²) in [6.45, 7) is -1.54. The summed E-state index contributed by atoms with van der Waals surface area (Å²) in [6.07, 6.45) is -0.935. The molecular formula is C10H18N2O7. The molecule has 0 fully saturated rings. The quantitative estimate of drug-likeness (QED) is 0.494. The van der Waals surface area contributed by atoms with Crippen molar-refractivity contribution in [3.63, 3.8) is 0 Å². The third kappa shape index (κ3) is 7.21. The molecule has 0 aliphatic rings. The number of methoxy groups -OCH3 is 1. The van der Waals surface area contributed by atoms with Gasteiger partial charge in [-0.15, -0.1) is 0 Å². The Hall–Kier alpha value is -1.87. The number of ether oxygens (including phenoxy) is 1. The fourth-order valence-corrected chi connectivity index (χ4v) is 1.40. The molecule has 1 unspecified atom stereocenters. The fraction of sp³-hybridized carbons (Fsp3) is 0.700. The van der Waals surface area contributed by atoms with E-state index in [0.29, 0.717) is 4.90 Å². The molecule has 0 heterocycles. The zero-order valence-electron chi connectivity index (χ0n) is 10.8. The van der Waals surface area contributed by atoms with Crippen LogP contribution in [-0.2, 0) is 14.3 Å². The van der Waals surface area contributed by atoms with Crippen molar-refractivity contribution in [2.45, 2.75) is 6.10 Å². The summed E-state index contributed by atoms with van der Waals surface area (Å²) in [6, 6.07) is -0.792. The van der Waals surface area contributed by atoms with Gasteiger partial charge < -0.3 is 29.9 Å². The number of carbonyl (C=O) groups is 3. The van der Waals surface area contributed by atoms with Gasteiger partial charge in [-0.3, -0.25) is 9.59 Å². The van der Waals surface area contributed by atoms with Crippen LogP contribution in [0.4, 0.5) is 4.79 Å². The topological polar surface area (TPSA) is 128 Å². The predicted molar refractivity (Wildman–Crippen MR) is 62.8 cm³/mol. The van der Waals surface area contributed by atoms with Crippen LogP contribution >= 0.6 is 0 Å². The molecule has 1 atom stereocenters. The van der Waals surface area contributed by atoms with Crippen LogP contribution in [0.1, 0.15) is 0 Å². The fourth-order valence-electron chi connectivity index (χ4n) is 1.40. The van der Waals surface area contributed by atoms with Crippen molar-refractivity contribution < 1.29 is 34.4 Å². The molecule has 0 bridgehead atoms. The molecule has 0 radical (unpaired) electrons. The van der Waals surface area contributed by atoms with Crippen LogP contribution in [-0.4, -0.2) is 89.6 Å². The first-order chi connectivity index (χ1) is 8.77. The Balaban J connectivity index is 4.59. The van der Waals surface area contributed by atoms with Gasteiger partial charge >= 0.3 is 18.0 Å². The minimum Gasteiger partial charge on any atom is -0.480 e. The van der Waals surface area contributed by atoms with Crippen molar-refractivity contribution in [2.75, 3.05) is 40.4 Å². The van der Waals surface area contributed by atoms with Gasteiger partial charge in [-0.1, -0.05) is 0 Å². The monoisotopic (exact) mass is 278 g/mol. The molecule has 0 saturated heterocycles. The molecule has 0 aromatic heterocycles. The summed E-state index contributed by atoms with van der Waals surface area (Å²) in [5, 5.41) is 26.7. The highest BCUT2D eigenvalue weighted by Gasteiger charge is 2.24.